The highest BCUT2D eigenvalue weighted by Gasteiger charge is 2.57. The Balaban J connectivity index is 2.05. The highest BCUT2D eigenvalue weighted by molar-refractivity contribution is 7.89. The van der Waals surface area contributed by atoms with Gasteiger partial charge in [0.1, 0.15) is 0 Å². The molecule has 3 rings (SSSR count). The Morgan fingerprint density at radius 3 is 2.75 bits per heavy atom. The summed E-state index contributed by atoms with van der Waals surface area (Å²) in [5.41, 5.74) is -1.72. The number of nitrogens with zero attached hydrogens (tertiary/aromatic N) is 2. The molecule has 1 aliphatic heterocycles. The van der Waals surface area contributed by atoms with Crippen LogP contribution in [0.3, 0.4) is 0 Å². The number of aliphatic carboxylic acids is 1. The summed E-state index contributed by atoms with van der Waals surface area (Å²) in [6.45, 7) is -0.144. The summed E-state index contributed by atoms with van der Waals surface area (Å²) in [6, 6.07) is 3.64. The Bertz CT molecular complexity index is 827. The maximum Gasteiger partial charge on any atom is 0.311 e. The van der Waals surface area contributed by atoms with Crippen LogP contribution in [0.5, 0.6) is 0 Å². The third kappa shape index (κ3) is 2.38. The number of rotatable bonds is 4. The van der Waals surface area contributed by atoms with E-state index in [1.54, 1.807) is 0 Å². The van der Waals surface area contributed by atoms with Crippen molar-refractivity contribution in [2.24, 2.45) is 11.3 Å². The number of nitro benzene ring substituents is 1. The Labute approximate surface area is 143 Å². The van der Waals surface area contributed by atoms with Gasteiger partial charge in [0.25, 0.3) is 15.7 Å². The number of fused-ring (bicyclic) bond motifs is 1. The Morgan fingerprint density at radius 1 is 1.46 bits per heavy atom. The summed E-state index contributed by atoms with van der Waals surface area (Å²) in [5.74, 6) is -1.30. The van der Waals surface area contributed by atoms with Crippen LogP contribution in [0.4, 0.5) is 5.69 Å². The van der Waals surface area contributed by atoms with E-state index in [0.29, 0.717) is 12.8 Å². The second-order valence-corrected chi connectivity index (χ2v) is 8.48. The highest BCUT2D eigenvalue weighted by Crippen LogP contribution is 2.50. The molecule has 10 heteroatoms. The summed E-state index contributed by atoms with van der Waals surface area (Å²) in [7, 11) is -4.26. The van der Waals surface area contributed by atoms with Crippen LogP contribution in [0.15, 0.2) is 23.1 Å². The zero-order chi connectivity index (χ0) is 17.7. The van der Waals surface area contributed by atoms with E-state index in [0.717, 1.165) is 16.8 Å². The molecule has 1 heterocycles. The van der Waals surface area contributed by atoms with Crippen molar-refractivity contribution in [3.05, 3.63) is 33.3 Å². The van der Waals surface area contributed by atoms with Gasteiger partial charge in [0.05, 0.1) is 15.4 Å². The molecule has 2 atom stereocenters. The molecular formula is C14H15ClN2O6S. The van der Waals surface area contributed by atoms with Gasteiger partial charge in [-0.1, -0.05) is 24.1 Å². The number of hydrogen-bond donors (Lipinski definition) is 1. The predicted octanol–water partition coefficient (Wildman–Crippen LogP) is 2.12. The smallest absolute Gasteiger partial charge is 0.311 e. The van der Waals surface area contributed by atoms with Crippen molar-refractivity contribution in [1.82, 2.24) is 4.31 Å². The van der Waals surface area contributed by atoms with Crippen molar-refractivity contribution in [1.29, 1.82) is 0 Å². The van der Waals surface area contributed by atoms with Crippen molar-refractivity contribution >= 4 is 33.3 Å². The van der Waals surface area contributed by atoms with E-state index >= 15 is 0 Å². The van der Waals surface area contributed by atoms with Gasteiger partial charge in [-0.3, -0.25) is 14.9 Å². The van der Waals surface area contributed by atoms with Gasteiger partial charge in [-0.2, -0.15) is 4.31 Å². The molecule has 0 bridgehead atoms. The van der Waals surface area contributed by atoms with Crippen LogP contribution in [0.1, 0.15) is 19.3 Å². The van der Waals surface area contributed by atoms with Gasteiger partial charge in [0, 0.05) is 19.2 Å². The van der Waals surface area contributed by atoms with E-state index in [9.17, 15) is 28.4 Å². The van der Waals surface area contributed by atoms with E-state index < -0.39 is 36.9 Å². The first-order chi connectivity index (χ1) is 11.2. The second kappa shape index (κ2) is 5.68. The Kier molecular flexibility index (Phi) is 4.05. The lowest BCUT2D eigenvalue weighted by Crippen LogP contribution is -2.37. The minimum atomic E-state index is -4.26. The van der Waals surface area contributed by atoms with Gasteiger partial charge in [0.2, 0.25) is 0 Å². The first-order valence-corrected chi connectivity index (χ1v) is 9.18. The maximum absolute atomic E-state index is 12.9. The van der Waals surface area contributed by atoms with E-state index in [4.69, 9.17) is 11.6 Å². The molecule has 1 aliphatic carbocycles. The lowest BCUT2D eigenvalue weighted by atomic mass is 9.81. The molecule has 0 unspecified atom stereocenters. The van der Waals surface area contributed by atoms with Crippen LogP contribution in [0.25, 0.3) is 0 Å². The van der Waals surface area contributed by atoms with Gasteiger partial charge in [-0.05, 0) is 24.8 Å². The van der Waals surface area contributed by atoms with Crippen molar-refractivity contribution in [3.8, 4) is 0 Å². The lowest BCUT2D eigenvalue weighted by Gasteiger charge is -2.23. The van der Waals surface area contributed by atoms with Crippen LogP contribution < -0.4 is 0 Å². The Morgan fingerprint density at radius 2 is 2.17 bits per heavy atom. The summed E-state index contributed by atoms with van der Waals surface area (Å²) < 4.78 is 26.9. The molecule has 1 aromatic rings. The monoisotopic (exact) mass is 374 g/mol. The number of halogens is 1. The number of carboxylic acids is 1. The van der Waals surface area contributed by atoms with Gasteiger partial charge < -0.3 is 5.11 Å². The third-order valence-electron chi connectivity index (χ3n) is 5.01. The highest BCUT2D eigenvalue weighted by atomic mass is 35.5. The molecular weight excluding hydrogens is 360 g/mol. The summed E-state index contributed by atoms with van der Waals surface area (Å²) in [4.78, 5) is 21.5. The number of hydrogen-bond acceptors (Lipinski definition) is 5. The van der Waals surface area contributed by atoms with Crippen LogP contribution >= 0.6 is 11.6 Å². The largest absolute Gasteiger partial charge is 0.481 e. The van der Waals surface area contributed by atoms with E-state index in [1.165, 1.54) is 12.1 Å². The zero-order valence-electron chi connectivity index (χ0n) is 12.5. The number of carboxylic acid groups (broad SMARTS) is 1. The average molecular weight is 375 g/mol. The molecule has 8 nitrogen and oxygen atoms in total. The van der Waals surface area contributed by atoms with E-state index in [1.807, 2.05) is 0 Å². The summed E-state index contributed by atoms with van der Waals surface area (Å²) >= 11 is 5.93. The molecule has 1 aromatic carbocycles. The minimum Gasteiger partial charge on any atom is -0.481 e. The number of benzene rings is 1. The first kappa shape index (κ1) is 17.1. The van der Waals surface area contributed by atoms with Crippen molar-refractivity contribution in [2.75, 3.05) is 13.1 Å². The molecule has 0 aromatic heterocycles. The molecule has 1 saturated carbocycles. The van der Waals surface area contributed by atoms with E-state index in [-0.39, 0.29) is 24.0 Å². The predicted molar refractivity (Wildman–Crippen MR) is 84.3 cm³/mol. The quantitative estimate of drug-likeness (QED) is 0.637. The number of nitro groups is 1. The molecule has 0 amide bonds. The molecule has 24 heavy (non-hydrogen) atoms. The minimum absolute atomic E-state index is 0.0387. The standard InChI is InChI=1S/C14H15ClN2O6S/c15-10-4-1-5-11(17(20)21)12(10)24(22,23)16-7-9-3-2-6-14(9,8-16)13(18)19/h1,4-5,9H,2-3,6-8H2,(H,18,19)/t9-,14+/m0/s1. The second-order valence-electron chi connectivity index (χ2n) is 6.19. The molecule has 1 saturated heterocycles. The van der Waals surface area contributed by atoms with E-state index in [2.05, 4.69) is 0 Å². The lowest BCUT2D eigenvalue weighted by molar-refractivity contribution is -0.387. The van der Waals surface area contributed by atoms with Gasteiger partial charge in [0.15, 0.2) is 4.90 Å². The fourth-order valence-electron chi connectivity index (χ4n) is 3.80. The molecule has 0 spiro atoms. The van der Waals surface area contributed by atoms with Crippen LogP contribution in [0.2, 0.25) is 5.02 Å². The summed E-state index contributed by atoms with van der Waals surface area (Å²) in [6.07, 6.45) is 1.77. The van der Waals surface area contributed by atoms with Crippen LogP contribution in [0, 0.1) is 21.4 Å². The molecule has 130 valence electrons. The molecule has 2 aliphatic rings. The molecule has 1 N–H and O–H groups in total. The average Bonchev–Trinajstić information content (AvgIpc) is 3.04. The number of sulfonamides is 1. The summed E-state index contributed by atoms with van der Waals surface area (Å²) in [5, 5.41) is 20.5. The number of carbonyl (C=O) groups is 1. The van der Waals surface area contributed by atoms with Crippen molar-refractivity contribution < 1.29 is 23.2 Å². The SMILES string of the molecule is O=C(O)[C@@]12CCC[C@H]1CN(S(=O)(=O)c1c(Cl)cccc1[N+](=O)[O-])C2. The van der Waals surface area contributed by atoms with Crippen LogP contribution in [-0.4, -0.2) is 41.8 Å². The Hall–Kier alpha value is -1.71. The van der Waals surface area contributed by atoms with Crippen LogP contribution in [-0.2, 0) is 14.8 Å². The third-order valence-corrected chi connectivity index (χ3v) is 7.34. The van der Waals surface area contributed by atoms with Gasteiger partial charge in [-0.25, -0.2) is 8.42 Å². The molecule has 2 fully saturated rings. The molecule has 0 radical (unpaired) electrons. The van der Waals surface area contributed by atoms with Crippen molar-refractivity contribution in [3.63, 3.8) is 0 Å². The maximum atomic E-state index is 12.9. The fourth-order valence-corrected chi connectivity index (χ4v) is 6.02. The van der Waals surface area contributed by atoms with Gasteiger partial charge in [-0.15, -0.1) is 0 Å². The fraction of sp³-hybridized carbons (Fsp3) is 0.500. The first-order valence-electron chi connectivity index (χ1n) is 7.36. The van der Waals surface area contributed by atoms with Gasteiger partial charge >= 0.3 is 5.97 Å². The normalized spacial score (nSPS) is 27.1. The topological polar surface area (TPSA) is 118 Å². The zero-order valence-corrected chi connectivity index (χ0v) is 14.1. The van der Waals surface area contributed by atoms with Crippen molar-refractivity contribution in [2.45, 2.75) is 24.2 Å².